The van der Waals surface area contributed by atoms with E-state index in [4.69, 9.17) is 4.74 Å². The molecule has 0 spiro atoms. The summed E-state index contributed by atoms with van der Waals surface area (Å²) in [6.45, 7) is 10.0. The van der Waals surface area contributed by atoms with Crippen LogP contribution < -0.4 is 5.32 Å². The summed E-state index contributed by atoms with van der Waals surface area (Å²) in [5, 5.41) is 3.42. The lowest BCUT2D eigenvalue weighted by Crippen LogP contribution is -2.51. The minimum absolute atomic E-state index is 0. The Labute approximate surface area is 99.0 Å². The highest BCUT2D eigenvalue weighted by Crippen LogP contribution is 2.19. The average molecular weight is 235 g/mol. The predicted molar refractivity (Wildman–Crippen MR) is 64.7 cm³/mol. The molecule has 0 aliphatic carbocycles. The molecule has 0 aromatic heterocycles. The summed E-state index contributed by atoms with van der Waals surface area (Å²) < 4.78 is 5.74. The zero-order valence-corrected chi connectivity index (χ0v) is 10.6. The van der Waals surface area contributed by atoms with Crippen molar-refractivity contribution in [3.05, 3.63) is 0 Å². The number of halogens is 1. The third-order valence-electron chi connectivity index (χ3n) is 3.55. The Hall–Kier alpha value is 0.170. The molecule has 2 heterocycles. The summed E-state index contributed by atoms with van der Waals surface area (Å²) in [5.74, 6) is 0.814. The number of rotatable bonds is 3. The molecule has 2 saturated heterocycles. The molecule has 15 heavy (non-hydrogen) atoms. The number of morpholine rings is 1. The smallest absolute Gasteiger partial charge is 0.0867 e. The van der Waals surface area contributed by atoms with Crippen molar-refractivity contribution in [1.82, 2.24) is 10.2 Å². The van der Waals surface area contributed by atoms with Gasteiger partial charge in [0.25, 0.3) is 0 Å². The van der Waals surface area contributed by atoms with Crippen LogP contribution >= 0.6 is 12.4 Å². The second kappa shape index (κ2) is 6.04. The van der Waals surface area contributed by atoms with Gasteiger partial charge in [0.2, 0.25) is 0 Å². The minimum Gasteiger partial charge on any atom is -0.374 e. The van der Waals surface area contributed by atoms with Crippen LogP contribution in [0.15, 0.2) is 0 Å². The SMILES string of the molecule is CCC(C)CN1CCO[C@@H]2CNC[C@H]21.Cl. The molecule has 0 aromatic rings. The Morgan fingerprint density at radius 3 is 3.00 bits per heavy atom. The molecule has 0 bridgehead atoms. The first-order valence-corrected chi connectivity index (χ1v) is 5.87. The lowest BCUT2D eigenvalue weighted by molar-refractivity contribution is -0.0509. The number of hydrogen-bond acceptors (Lipinski definition) is 3. The fraction of sp³-hybridized carbons (Fsp3) is 1.00. The fourth-order valence-electron chi connectivity index (χ4n) is 2.42. The first kappa shape index (κ1) is 13.2. The van der Waals surface area contributed by atoms with Crippen LogP contribution in [0.2, 0.25) is 0 Å². The highest BCUT2D eigenvalue weighted by atomic mass is 35.5. The maximum absolute atomic E-state index is 5.74. The van der Waals surface area contributed by atoms with E-state index in [-0.39, 0.29) is 12.4 Å². The summed E-state index contributed by atoms with van der Waals surface area (Å²) in [5.41, 5.74) is 0. The molecular formula is C11H23ClN2O. The van der Waals surface area contributed by atoms with E-state index in [0.717, 1.165) is 32.2 Å². The van der Waals surface area contributed by atoms with Gasteiger partial charge in [-0.1, -0.05) is 20.3 Å². The zero-order valence-electron chi connectivity index (χ0n) is 9.74. The Morgan fingerprint density at radius 1 is 1.47 bits per heavy atom. The van der Waals surface area contributed by atoms with Crippen LogP contribution in [0.1, 0.15) is 20.3 Å². The Balaban J connectivity index is 0.00000112. The predicted octanol–water partition coefficient (Wildman–Crippen LogP) is 1.13. The van der Waals surface area contributed by atoms with Crippen molar-refractivity contribution in [2.24, 2.45) is 5.92 Å². The van der Waals surface area contributed by atoms with Crippen molar-refractivity contribution >= 4 is 12.4 Å². The highest BCUT2D eigenvalue weighted by molar-refractivity contribution is 5.85. The summed E-state index contributed by atoms with van der Waals surface area (Å²) in [4.78, 5) is 2.61. The fourth-order valence-corrected chi connectivity index (χ4v) is 2.42. The molecule has 2 aliphatic heterocycles. The van der Waals surface area contributed by atoms with Gasteiger partial charge in [-0.15, -0.1) is 12.4 Å². The Kier molecular flexibility index (Phi) is 5.33. The third-order valence-corrected chi connectivity index (χ3v) is 3.55. The normalized spacial score (nSPS) is 33.2. The van der Waals surface area contributed by atoms with Crippen LogP contribution in [0.3, 0.4) is 0 Å². The molecule has 1 unspecified atom stereocenters. The summed E-state index contributed by atoms with van der Waals surface area (Å²) in [6.07, 6.45) is 1.73. The monoisotopic (exact) mass is 234 g/mol. The topological polar surface area (TPSA) is 24.5 Å². The van der Waals surface area contributed by atoms with E-state index in [0.29, 0.717) is 12.1 Å². The number of hydrogen-bond donors (Lipinski definition) is 1. The van der Waals surface area contributed by atoms with Gasteiger partial charge in [-0.25, -0.2) is 0 Å². The molecule has 1 N–H and O–H groups in total. The second-order valence-corrected chi connectivity index (χ2v) is 4.64. The van der Waals surface area contributed by atoms with Gasteiger partial charge in [-0.2, -0.15) is 0 Å². The number of nitrogens with one attached hydrogen (secondary N) is 1. The highest BCUT2D eigenvalue weighted by Gasteiger charge is 2.35. The van der Waals surface area contributed by atoms with E-state index in [1.807, 2.05) is 0 Å². The molecule has 2 aliphatic rings. The summed E-state index contributed by atoms with van der Waals surface area (Å²) >= 11 is 0. The van der Waals surface area contributed by atoms with Gasteiger partial charge in [-0.05, 0) is 5.92 Å². The van der Waals surface area contributed by atoms with Gasteiger partial charge in [0.15, 0.2) is 0 Å². The van der Waals surface area contributed by atoms with Crippen LogP contribution in [0.25, 0.3) is 0 Å². The molecule has 3 atom stereocenters. The van der Waals surface area contributed by atoms with Crippen LogP contribution in [-0.4, -0.2) is 49.8 Å². The van der Waals surface area contributed by atoms with Crippen LogP contribution in [0.4, 0.5) is 0 Å². The zero-order chi connectivity index (χ0) is 9.97. The van der Waals surface area contributed by atoms with Gasteiger partial charge in [0, 0.05) is 32.2 Å². The second-order valence-electron chi connectivity index (χ2n) is 4.64. The van der Waals surface area contributed by atoms with E-state index in [1.54, 1.807) is 0 Å². The molecule has 2 rings (SSSR count). The largest absolute Gasteiger partial charge is 0.374 e. The lowest BCUT2D eigenvalue weighted by atomic mass is 10.1. The third kappa shape index (κ3) is 3.06. The van der Waals surface area contributed by atoms with Gasteiger partial charge in [-0.3, -0.25) is 4.90 Å². The maximum atomic E-state index is 5.74. The molecular weight excluding hydrogens is 212 g/mol. The average Bonchev–Trinajstić information content (AvgIpc) is 2.66. The van der Waals surface area contributed by atoms with Crippen molar-refractivity contribution in [2.75, 3.05) is 32.8 Å². The molecule has 0 saturated carbocycles. The standard InChI is InChI=1S/C11H22N2O.ClH/c1-3-9(2)8-13-4-5-14-11-7-12-6-10(11)13;/h9-12H,3-8H2,1-2H3;1H/t9?,10-,11-;/m1./s1. The first-order valence-electron chi connectivity index (χ1n) is 5.87. The van der Waals surface area contributed by atoms with Gasteiger partial charge in [0.1, 0.15) is 0 Å². The van der Waals surface area contributed by atoms with Crippen molar-refractivity contribution in [3.8, 4) is 0 Å². The van der Waals surface area contributed by atoms with Crippen molar-refractivity contribution in [1.29, 1.82) is 0 Å². The maximum Gasteiger partial charge on any atom is 0.0867 e. The Bertz CT molecular complexity index is 191. The van der Waals surface area contributed by atoms with Crippen LogP contribution in [-0.2, 0) is 4.74 Å². The van der Waals surface area contributed by atoms with E-state index in [2.05, 4.69) is 24.1 Å². The van der Waals surface area contributed by atoms with Crippen molar-refractivity contribution in [3.63, 3.8) is 0 Å². The summed E-state index contributed by atoms with van der Waals surface area (Å²) in [6, 6.07) is 0.637. The molecule has 0 amide bonds. The molecule has 0 radical (unpaired) electrons. The van der Waals surface area contributed by atoms with Gasteiger partial charge >= 0.3 is 0 Å². The van der Waals surface area contributed by atoms with Gasteiger partial charge < -0.3 is 10.1 Å². The Morgan fingerprint density at radius 2 is 2.27 bits per heavy atom. The van der Waals surface area contributed by atoms with Gasteiger partial charge in [0.05, 0.1) is 12.7 Å². The van der Waals surface area contributed by atoms with Crippen LogP contribution in [0, 0.1) is 5.92 Å². The van der Waals surface area contributed by atoms with E-state index < -0.39 is 0 Å². The van der Waals surface area contributed by atoms with E-state index >= 15 is 0 Å². The van der Waals surface area contributed by atoms with Crippen molar-refractivity contribution < 1.29 is 4.74 Å². The quantitative estimate of drug-likeness (QED) is 0.793. The molecule has 0 aromatic carbocycles. The van der Waals surface area contributed by atoms with Crippen LogP contribution in [0.5, 0.6) is 0 Å². The lowest BCUT2D eigenvalue weighted by Gasteiger charge is -2.38. The molecule has 4 heteroatoms. The minimum atomic E-state index is 0. The molecule has 90 valence electrons. The first-order chi connectivity index (χ1) is 6.81. The van der Waals surface area contributed by atoms with E-state index in [9.17, 15) is 0 Å². The molecule has 2 fully saturated rings. The summed E-state index contributed by atoms with van der Waals surface area (Å²) in [7, 11) is 0. The van der Waals surface area contributed by atoms with Crippen molar-refractivity contribution in [2.45, 2.75) is 32.4 Å². The number of nitrogens with zero attached hydrogens (tertiary/aromatic N) is 1. The molecule has 3 nitrogen and oxygen atoms in total. The van der Waals surface area contributed by atoms with E-state index in [1.165, 1.54) is 13.0 Å². The number of ether oxygens (including phenoxy) is 1. The number of fused-ring (bicyclic) bond motifs is 1.